The molecule has 3 nitrogen and oxygen atoms in total. The summed E-state index contributed by atoms with van der Waals surface area (Å²) >= 11 is 5.82. The molecule has 0 radical (unpaired) electrons. The number of hydrogen-bond acceptors (Lipinski definition) is 3. The minimum atomic E-state index is -3.42. The van der Waals surface area contributed by atoms with Crippen LogP contribution in [-0.4, -0.2) is 13.4 Å². The largest absolute Gasteiger partial charge is 0.260 e. The van der Waals surface area contributed by atoms with Gasteiger partial charge in [0.15, 0.2) is 9.84 Å². The summed E-state index contributed by atoms with van der Waals surface area (Å²) in [5.41, 5.74) is 1.17. The van der Waals surface area contributed by atoms with Crippen LogP contribution in [0, 0.1) is 0 Å². The van der Waals surface area contributed by atoms with E-state index in [-0.39, 0.29) is 5.75 Å². The molecule has 1 aromatic carbocycles. The molecule has 1 atom stereocenters. The molecule has 0 amide bonds. The van der Waals surface area contributed by atoms with Gasteiger partial charge in [-0.25, -0.2) is 8.42 Å². The van der Waals surface area contributed by atoms with Gasteiger partial charge in [-0.05, 0) is 29.8 Å². The Morgan fingerprint density at radius 3 is 2.45 bits per heavy atom. The number of hydrogen-bond donors (Lipinski definition) is 0. The summed E-state index contributed by atoms with van der Waals surface area (Å²) in [6.07, 6.45) is 3.01. The van der Waals surface area contributed by atoms with E-state index < -0.39 is 15.1 Å². The third kappa shape index (κ3) is 3.46. The Morgan fingerprint density at radius 1 is 1.20 bits per heavy atom. The first-order valence-corrected chi connectivity index (χ1v) is 8.12. The van der Waals surface area contributed by atoms with Crippen molar-refractivity contribution in [1.29, 1.82) is 0 Å². The van der Waals surface area contributed by atoms with E-state index >= 15 is 0 Å². The van der Waals surface area contributed by atoms with Gasteiger partial charge in [0.25, 0.3) is 0 Å². The van der Waals surface area contributed by atoms with Gasteiger partial charge < -0.3 is 0 Å². The van der Waals surface area contributed by atoms with Gasteiger partial charge in [-0.2, -0.15) is 0 Å². The van der Waals surface area contributed by atoms with Crippen LogP contribution in [0.5, 0.6) is 0 Å². The molecule has 2 rings (SSSR count). The first-order chi connectivity index (χ1) is 9.53. The average molecular weight is 308 g/mol. The van der Waals surface area contributed by atoms with E-state index in [2.05, 4.69) is 11.6 Å². The van der Waals surface area contributed by atoms with Crippen molar-refractivity contribution in [2.75, 3.05) is 0 Å². The zero-order chi connectivity index (χ0) is 14.6. The number of halogens is 1. The summed E-state index contributed by atoms with van der Waals surface area (Å²) in [6, 6.07) is 11.9. The Morgan fingerprint density at radius 2 is 1.90 bits per heavy atom. The van der Waals surface area contributed by atoms with Crippen LogP contribution < -0.4 is 0 Å². The van der Waals surface area contributed by atoms with Crippen LogP contribution in [-0.2, 0) is 15.6 Å². The molecule has 0 N–H and O–H groups in total. The molecule has 20 heavy (non-hydrogen) atoms. The molecule has 0 aliphatic heterocycles. The minimum absolute atomic E-state index is 0.118. The standard InChI is InChI=1S/C15H14ClNO2S/c1-2-15(12-6-8-13(16)9-7-12)20(18,19)11-14-5-3-4-10-17-14/h2-10,15H,1,11H2. The van der Waals surface area contributed by atoms with Gasteiger partial charge in [0.1, 0.15) is 5.25 Å². The fraction of sp³-hybridized carbons (Fsp3) is 0.133. The zero-order valence-electron chi connectivity index (χ0n) is 10.7. The highest BCUT2D eigenvalue weighted by Crippen LogP contribution is 2.27. The maximum absolute atomic E-state index is 12.5. The maximum atomic E-state index is 12.5. The Bertz CT molecular complexity index is 682. The van der Waals surface area contributed by atoms with Crippen molar-refractivity contribution in [3.05, 3.63) is 77.6 Å². The second kappa shape index (κ2) is 6.20. The van der Waals surface area contributed by atoms with Crippen molar-refractivity contribution >= 4 is 21.4 Å². The summed E-state index contributed by atoms with van der Waals surface area (Å²) in [6.45, 7) is 3.64. The van der Waals surface area contributed by atoms with Gasteiger partial charge in [-0.15, -0.1) is 6.58 Å². The quantitative estimate of drug-likeness (QED) is 0.793. The number of nitrogens with zero attached hydrogens (tertiary/aromatic N) is 1. The van der Waals surface area contributed by atoms with Crippen molar-refractivity contribution in [3.8, 4) is 0 Å². The molecule has 2 aromatic rings. The predicted molar refractivity (Wildman–Crippen MR) is 81.3 cm³/mol. The predicted octanol–water partition coefficient (Wildman–Crippen LogP) is 3.58. The smallest absolute Gasteiger partial charge is 0.166 e. The van der Waals surface area contributed by atoms with Gasteiger partial charge in [0.2, 0.25) is 0 Å². The molecule has 1 unspecified atom stereocenters. The normalized spacial score (nSPS) is 12.8. The Hall–Kier alpha value is -1.65. The lowest BCUT2D eigenvalue weighted by Crippen LogP contribution is -2.14. The van der Waals surface area contributed by atoms with Gasteiger partial charge in [0.05, 0.1) is 11.4 Å². The van der Waals surface area contributed by atoms with Crippen LogP contribution in [0.1, 0.15) is 16.5 Å². The Balaban J connectivity index is 2.30. The van der Waals surface area contributed by atoms with E-state index in [0.717, 1.165) is 0 Å². The summed E-state index contributed by atoms with van der Waals surface area (Å²) in [5, 5.41) is -0.194. The second-order valence-electron chi connectivity index (χ2n) is 4.34. The lowest BCUT2D eigenvalue weighted by molar-refractivity contribution is 0.589. The van der Waals surface area contributed by atoms with Crippen LogP contribution in [0.15, 0.2) is 61.3 Å². The van der Waals surface area contributed by atoms with Crippen LogP contribution in [0.25, 0.3) is 0 Å². The van der Waals surface area contributed by atoms with Crippen molar-refractivity contribution in [2.45, 2.75) is 11.0 Å². The molecule has 104 valence electrons. The van der Waals surface area contributed by atoms with Crippen molar-refractivity contribution in [3.63, 3.8) is 0 Å². The molecule has 0 spiro atoms. The van der Waals surface area contributed by atoms with E-state index in [1.165, 1.54) is 6.08 Å². The molecule has 1 heterocycles. The summed E-state index contributed by atoms with van der Waals surface area (Å²) in [7, 11) is -3.42. The van der Waals surface area contributed by atoms with E-state index in [0.29, 0.717) is 16.3 Å². The van der Waals surface area contributed by atoms with Gasteiger partial charge in [-0.3, -0.25) is 4.98 Å². The lowest BCUT2D eigenvalue weighted by Gasteiger charge is -2.14. The van der Waals surface area contributed by atoms with Crippen LogP contribution >= 0.6 is 11.6 Å². The molecule has 0 saturated heterocycles. The summed E-state index contributed by atoms with van der Waals surface area (Å²) in [5.74, 6) is -0.118. The second-order valence-corrected chi connectivity index (χ2v) is 6.89. The highest BCUT2D eigenvalue weighted by molar-refractivity contribution is 7.91. The number of aromatic nitrogens is 1. The fourth-order valence-corrected chi connectivity index (χ4v) is 3.68. The zero-order valence-corrected chi connectivity index (χ0v) is 12.3. The monoisotopic (exact) mass is 307 g/mol. The summed E-state index contributed by atoms with van der Waals surface area (Å²) < 4.78 is 24.9. The number of benzene rings is 1. The SMILES string of the molecule is C=CC(c1ccc(Cl)cc1)S(=O)(=O)Cc1ccccn1. The molecule has 0 aliphatic carbocycles. The molecule has 0 aliphatic rings. The third-order valence-corrected chi connectivity index (χ3v) is 5.06. The van der Waals surface area contributed by atoms with E-state index in [1.807, 2.05) is 0 Å². The van der Waals surface area contributed by atoms with E-state index in [4.69, 9.17) is 11.6 Å². The Labute approximate surface area is 123 Å². The van der Waals surface area contributed by atoms with Crippen LogP contribution in [0.2, 0.25) is 5.02 Å². The van der Waals surface area contributed by atoms with Crippen LogP contribution in [0.4, 0.5) is 0 Å². The topological polar surface area (TPSA) is 47.0 Å². The van der Waals surface area contributed by atoms with Crippen molar-refractivity contribution in [2.24, 2.45) is 0 Å². The first kappa shape index (κ1) is 14.8. The van der Waals surface area contributed by atoms with Crippen LogP contribution in [0.3, 0.4) is 0 Å². The van der Waals surface area contributed by atoms with Crippen molar-refractivity contribution in [1.82, 2.24) is 4.98 Å². The molecule has 0 fully saturated rings. The van der Waals surface area contributed by atoms with E-state index in [9.17, 15) is 8.42 Å². The lowest BCUT2D eigenvalue weighted by atomic mass is 10.1. The van der Waals surface area contributed by atoms with Gasteiger partial charge in [-0.1, -0.05) is 35.9 Å². The molecular weight excluding hydrogens is 294 g/mol. The maximum Gasteiger partial charge on any atom is 0.166 e. The molecule has 5 heteroatoms. The molecule has 0 saturated carbocycles. The molecular formula is C15H14ClNO2S. The average Bonchev–Trinajstić information content (AvgIpc) is 2.42. The van der Waals surface area contributed by atoms with Gasteiger partial charge in [0, 0.05) is 11.2 Å². The van der Waals surface area contributed by atoms with Gasteiger partial charge >= 0.3 is 0 Å². The first-order valence-electron chi connectivity index (χ1n) is 6.02. The van der Waals surface area contributed by atoms with Crippen molar-refractivity contribution < 1.29 is 8.42 Å². The molecule has 0 bridgehead atoms. The Kier molecular flexibility index (Phi) is 4.57. The minimum Gasteiger partial charge on any atom is -0.260 e. The highest BCUT2D eigenvalue weighted by atomic mass is 35.5. The highest BCUT2D eigenvalue weighted by Gasteiger charge is 2.25. The molecule has 1 aromatic heterocycles. The summed E-state index contributed by atoms with van der Waals surface area (Å²) in [4.78, 5) is 4.05. The number of pyridine rings is 1. The van der Waals surface area contributed by atoms with E-state index in [1.54, 1.807) is 48.7 Å². The number of rotatable bonds is 5. The fourth-order valence-electron chi connectivity index (χ4n) is 1.92. The third-order valence-electron chi connectivity index (χ3n) is 2.87. The number of sulfone groups is 1.